The molecule has 144 valence electrons. The first-order valence-corrected chi connectivity index (χ1v) is 10.3. The molecule has 27 heavy (non-hydrogen) atoms. The summed E-state index contributed by atoms with van der Waals surface area (Å²) < 4.78 is 54.0. The van der Waals surface area contributed by atoms with Gasteiger partial charge in [0.15, 0.2) is 0 Å². The summed E-state index contributed by atoms with van der Waals surface area (Å²) in [5.74, 6) is 5.96. The maximum atomic E-state index is 12.9. The van der Waals surface area contributed by atoms with Crippen molar-refractivity contribution in [2.24, 2.45) is 0 Å². The van der Waals surface area contributed by atoms with E-state index in [0.717, 1.165) is 0 Å². The van der Waals surface area contributed by atoms with Gasteiger partial charge in [0.05, 0.1) is 17.1 Å². The lowest BCUT2D eigenvalue weighted by atomic mass is 10.1. The summed E-state index contributed by atoms with van der Waals surface area (Å²) in [5, 5.41) is 2.94. The number of sulfonamides is 1. The van der Waals surface area contributed by atoms with Crippen LogP contribution >= 0.6 is 15.9 Å². The maximum Gasteiger partial charge on any atom is 0.242 e. The molecule has 1 heterocycles. The summed E-state index contributed by atoms with van der Waals surface area (Å²) in [6.45, 7) is 2.06. The van der Waals surface area contributed by atoms with Crippen molar-refractivity contribution in [2.75, 3.05) is 11.9 Å². The third-order valence-electron chi connectivity index (χ3n) is 3.56. The molecule has 0 saturated carbocycles. The Morgan fingerprint density at radius 2 is 1.96 bits per heavy atom. The molecular weight excluding hydrogens is 440 g/mol. The third kappa shape index (κ3) is 6.27. The van der Waals surface area contributed by atoms with Crippen LogP contribution in [0.2, 0.25) is 0 Å². The number of rotatable bonds is 8. The zero-order valence-electron chi connectivity index (χ0n) is 14.4. The summed E-state index contributed by atoms with van der Waals surface area (Å²) >= 11 is 3.26. The standard InChI is InChI=1S/C18H18BrF2N3O2S/c1-2-3-9-22-18-15(19)10-14(12-23-18)27(25,26)24-16(11-17(20)21)13-7-5-4-6-8-13/h4-8,10,12,16-17,24H,9,11H2,1H3,(H,22,23). The second-order valence-electron chi connectivity index (χ2n) is 5.49. The molecule has 5 nitrogen and oxygen atoms in total. The van der Waals surface area contributed by atoms with Gasteiger partial charge in [0.1, 0.15) is 10.7 Å². The molecule has 1 aromatic carbocycles. The molecule has 0 amide bonds. The molecule has 0 bridgehead atoms. The number of aromatic nitrogens is 1. The highest BCUT2D eigenvalue weighted by Gasteiger charge is 2.25. The average molecular weight is 458 g/mol. The van der Waals surface area contributed by atoms with E-state index in [1.807, 2.05) is 0 Å². The molecule has 0 spiro atoms. The lowest BCUT2D eigenvalue weighted by molar-refractivity contribution is 0.126. The van der Waals surface area contributed by atoms with Crippen LogP contribution in [0.4, 0.5) is 14.6 Å². The molecule has 1 unspecified atom stereocenters. The van der Waals surface area contributed by atoms with Crippen molar-refractivity contribution in [1.82, 2.24) is 9.71 Å². The number of benzene rings is 1. The molecule has 0 aliphatic carbocycles. The summed E-state index contributed by atoms with van der Waals surface area (Å²) in [4.78, 5) is 3.94. The molecule has 2 N–H and O–H groups in total. The van der Waals surface area contributed by atoms with E-state index in [1.165, 1.54) is 12.3 Å². The van der Waals surface area contributed by atoms with Crippen LogP contribution in [0, 0.1) is 11.8 Å². The fourth-order valence-corrected chi connectivity index (χ4v) is 4.13. The van der Waals surface area contributed by atoms with Crippen molar-refractivity contribution in [1.29, 1.82) is 0 Å². The van der Waals surface area contributed by atoms with Crippen LogP contribution in [0.25, 0.3) is 0 Å². The first kappa shape index (κ1) is 21.3. The molecule has 1 atom stereocenters. The number of hydrogen-bond donors (Lipinski definition) is 2. The lowest BCUT2D eigenvalue weighted by Gasteiger charge is -2.19. The number of nitrogens with zero attached hydrogens (tertiary/aromatic N) is 1. The second kappa shape index (κ2) is 9.78. The van der Waals surface area contributed by atoms with Gasteiger partial charge in [0.25, 0.3) is 0 Å². The lowest BCUT2D eigenvalue weighted by Crippen LogP contribution is -2.30. The van der Waals surface area contributed by atoms with Crippen molar-refractivity contribution in [3.8, 4) is 11.8 Å². The summed E-state index contributed by atoms with van der Waals surface area (Å²) in [6.07, 6.45) is -2.12. The molecule has 2 rings (SSSR count). The Bertz CT molecular complexity index is 929. The summed E-state index contributed by atoms with van der Waals surface area (Å²) in [7, 11) is -4.05. The van der Waals surface area contributed by atoms with Gasteiger partial charge in [-0.3, -0.25) is 0 Å². The van der Waals surface area contributed by atoms with E-state index in [2.05, 4.69) is 42.8 Å². The topological polar surface area (TPSA) is 71.1 Å². The quantitative estimate of drug-likeness (QED) is 0.588. The highest BCUT2D eigenvalue weighted by atomic mass is 79.9. The monoisotopic (exact) mass is 457 g/mol. The number of alkyl halides is 2. The molecule has 0 saturated heterocycles. The molecular formula is C18H18BrF2N3O2S. The highest BCUT2D eigenvalue weighted by molar-refractivity contribution is 9.10. The van der Waals surface area contributed by atoms with Crippen LogP contribution in [-0.2, 0) is 10.0 Å². The van der Waals surface area contributed by atoms with Crippen LogP contribution in [0.5, 0.6) is 0 Å². The minimum atomic E-state index is -4.05. The number of halogens is 3. The Morgan fingerprint density at radius 3 is 2.56 bits per heavy atom. The van der Waals surface area contributed by atoms with Crippen LogP contribution < -0.4 is 10.0 Å². The number of anilines is 1. The fraction of sp³-hybridized carbons (Fsp3) is 0.278. The van der Waals surface area contributed by atoms with E-state index in [4.69, 9.17) is 0 Å². The van der Waals surface area contributed by atoms with Gasteiger partial charge in [0.2, 0.25) is 16.4 Å². The van der Waals surface area contributed by atoms with Crippen LogP contribution in [0.3, 0.4) is 0 Å². The van der Waals surface area contributed by atoms with E-state index in [9.17, 15) is 17.2 Å². The van der Waals surface area contributed by atoms with Crippen molar-refractivity contribution >= 4 is 31.8 Å². The van der Waals surface area contributed by atoms with Gasteiger partial charge >= 0.3 is 0 Å². The predicted octanol–water partition coefficient (Wildman–Crippen LogP) is 3.95. The number of nitrogens with one attached hydrogen (secondary N) is 2. The minimum absolute atomic E-state index is 0.128. The van der Waals surface area contributed by atoms with Crippen LogP contribution in [-0.4, -0.2) is 26.4 Å². The number of hydrogen-bond acceptors (Lipinski definition) is 4. The van der Waals surface area contributed by atoms with Crippen LogP contribution in [0.1, 0.15) is 24.9 Å². The first-order chi connectivity index (χ1) is 12.8. The van der Waals surface area contributed by atoms with Crippen LogP contribution in [0.15, 0.2) is 52.0 Å². The Morgan fingerprint density at radius 1 is 1.26 bits per heavy atom. The van der Waals surface area contributed by atoms with Crippen molar-refractivity contribution in [3.63, 3.8) is 0 Å². The van der Waals surface area contributed by atoms with Gasteiger partial charge in [-0.1, -0.05) is 36.3 Å². The predicted molar refractivity (Wildman–Crippen MR) is 104 cm³/mol. The SMILES string of the molecule is CC#CCNc1ncc(S(=O)(=O)NC(CC(F)F)c2ccccc2)cc1Br. The molecule has 0 fully saturated rings. The summed E-state index contributed by atoms with van der Waals surface area (Å²) in [6, 6.07) is 8.58. The maximum absolute atomic E-state index is 12.9. The molecule has 9 heteroatoms. The molecule has 0 aliphatic heterocycles. The van der Waals surface area contributed by atoms with Crippen molar-refractivity contribution in [3.05, 3.63) is 52.6 Å². The van der Waals surface area contributed by atoms with Gasteiger partial charge in [-0.15, -0.1) is 5.92 Å². The third-order valence-corrected chi connectivity index (χ3v) is 5.60. The van der Waals surface area contributed by atoms with Gasteiger partial charge in [-0.05, 0) is 34.5 Å². The van der Waals surface area contributed by atoms with E-state index in [-0.39, 0.29) is 4.90 Å². The second-order valence-corrected chi connectivity index (χ2v) is 8.06. The van der Waals surface area contributed by atoms with E-state index < -0.39 is 28.9 Å². The molecule has 0 radical (unpaired) electrons. The van der Waals surface area contributed by atoms with Gasteiger partial charge < -0.3 is 5.32 Å². The smallest absolute Gasteiger partial charge is 0.242 e. The number of pyridine rings is 1. The summed E-state index contributed by atoms with van der Waals surface area (Å²) in [5.41, 5.74) is 0.463. The largest absolute Gasteiger partial charge is 0.358 e. The Labute approximate surface area is 165 Å². The molecule has 1 aromatic heterocycles. The van der Waals surface area contributed by atoms with Crippen molar-refractivity contribution < 1.29 is 17.2 Å². The normalized spacial score (nSPS) is 12.3. The van der Waals surface area contributed by atoms with E-state index in [0.29, 0.717) is 22.4 Å². The van der Waals surface area contributed by atoms with Gasteiger partial charge in [-0.2, -0.15) is 0 Å². The zero-order valence-corrected chi connectivity index (χ0v) is 16.8. The Balaban J connectivity index is 2.25. The average Bonchev–Trinajstić information content (AvgIpc) is 2.63. The Hall–Kier alpha value is -2.02. The van der Waals surface area contributed by atoms with E-state index >= 15 is 0 Å². The first-order valence-electron chi connectivity index (χ1n) is 7.98. The minimum Gasteiger partial charge on any atom is -0.358 e. The Kier molecular flexibility index (Phi) is 7.71. The van der Waals surface area contributed by atoms with Crippen molar-refractivity contribution in [2.45, 2.75) is 30.7 Å². The zero-order chi connectivity index (χ0) is 19.9. The fourth-order valence-electron chi connectivity index (χ4n) is 2.28. The van der Waals surface area contributed by atoms with Gasteiger partial charge in [-0.25, -0.2) is 26.9 Å². The van der Waals surface area contributed by atoms with Gasteiger partial charge in [0, 0.05) is 12.6 Å². The highest BCUT2D eigenvalue weighted by Crippen LogP contribution is 2.26. The molecule has 0 aliphatic rings. The van der Waals surface area contributed by atoms with E-state index in [1.54, 1.807) is 37.3 Å². The molecule has 2 aromatic rings.